The lowest BCUT2D eigenvalue weighted by Gasteiger charge is -2.10. The molecule has 20 heavy (non-hydrogen) atoms. The molecule has 0 saturated heterocycles. The second-order valence-corrected chi connectivity index (χ2v) is 4.29. The van der Waals surface area contributed by atoms with Gasteiger partial charge in [0.05, 0.1) is 24.0 Å². The van der Waals surface area contributed by atoms with Crippen LogP contribution in [0.25, 0.3) is 0 Å². The molecule has 2 aromatic rings. The quantitative estimate of drug-likeness (QED) is 0.643. The molecule has 3 N–H and O–H groups in total. The number of ether oxygens (including phenoxy) is 1. The summed E-state index contributed by atoms with van der Waals surface area (Å²) >= 11 is 0. The van der Waals surface area contributed by atoms with Gasteiger partial charge in [0.25, 0.3) is 0 Å². The molecular formula is C15H17N3O2. The van der Waals surface area contributed by atoms with Crippen molar-refractivity contribution < 1.29 is 9.53 Å². The number of anilines is 2. The summed E-state index contributed by atoms with van der Waals surface area (Å²) in [4.78, 5) is 15.6. The third-order valence-electron chi connectivity index (χ3n) is 2.90. The molecular weight excluding hydrogens is 254 g/mol. The molecule has 0 saturated carbocycles. The maximum atomic E-state index is 11.4. The number of esters is 1. The number of aromatic nitrogens is 1. The van der Waals surface area contributed by atoms with Gasteiger partial charge >= 0.3 is 5.97 Å². The van der Waals surface area contributed by atoms with Gasteiger partial charge in [0.1, 0.15) is 0 Å². The number of pyridine rings is 1. The molecule has 0 bridgehead atoms. The van der Waals surface area contributed by atoms with Gasteiger partial charge in [-0.25, -0.2) is 4.79 Å². The van der Waals surface area contributed by atoms with Crippen molar-refractivity contribution in [2.45, 2.75) is 6.42 Å². The molecule has 0 aliphatic heterocycles. The van der Waals surface area contributed by atoms with Gasteiger partial charge in [-0.3, -0.25) is 4.98 Å². The summed E-state index contributed by atoms with van der Waals surface area (Å²) in [7, 11) is 1.34. The normalized spacial score (nSPS) is 10.1. The summed E-state index contributed by atoms with van der Waals surface area (Å²) < 4.78 is 4.65. The summed E-state index contributed by atoms with van der Waals surface area (Å²) in [6.07, 6.45) is 2.58. The molecule has 1 aromatic carbocycles. The fraction of sp³-hybridized carbons (Fsp3) is 0.200. The van der Waals surface area contributed by atoms with E-state index < -0.39 is 5.97 Å². The van der Waals surface area contributed by atoms with Crippen LogP contribution in [0.3, 0.4) is 0 Å². The van der Waals surface area contributed by atoms with Crippen molar-refractivity contribution in [2.75, 3.05) is 24.7 Å². The number of benzene rings is 1. The Balaban J connectivity index is 1.95. The van der Waals surface area contributed by atoms with E-state index in [1.54, 1.807) is 24.4 Å². The number of nitrogen functional groups attached to an aromatic ring is 1. The Hall–Kier alpha value is -2.56. The van der Waals surface area contributed by atoms with Crippen LogP contribution in [0.4, 0.5) is 11.4 Å². The topological polar surface area (TPSA) is 77.2 Å². The van der Waals surface area contributed by atoms with Crippen molar-refractivity contribution in [3.63, 3.8) is 0 Å². The van der Waals surface area contributed by atoms with Gasteiger partial charge in [-0.15, -0.1) is 0 Å². The van der Waals surface area contributed by atoms with Gasteiger partial charge in [-0.1, -0.05) is 6.07 Å². The molecule has 2 rings (SSSR count). The first-order valence-electron chi connectivity index (χ1n) is 6.32. The number of rotatable bonds is 5. The molecule has 0 aliphatic carbocycles. The van der Waals surface area contributed by atoms with Crippen LogP contribution in [-0.4, -0.2) is 24.6 Å². The molecule has 5 heteroatoms. The first-order chi connectivity index (χ1) is 9.70. The van der Waals surface area contributed by atoms with Crippen LogP contribution in [-0.2, 0) is 11.2 Å². The highest BCUT2D eigenvalue weighted by atomic mass is 16.5. The molecule has 5 nitrogen and oxygen atoms in total. The molecule has 104 valence electrons. The highest BCUT2D eigenvalue weighted by Gasteiger charge is 2.07. The van der Waals surface area contributed by atoms with Gasteiger partial charge in [0, 0.05) is 24.9 Å². The number of carbonyl (C=O) groups is 1. The zero-order valence-corrected chi connectivity index (χ0v) is 11.3. The van der Waals surface area contributed by atoms with E-state index in [4.69, 9.17) is 5.73 Å². The summed E-state index contributed by atoms with van der Waals surface area (Å²) in [6, 6.07) is 10.9. The van der Waals surface area contributed by atoms with E-state index in [2.05, 4.69) is 15.0 Å². The summed E-state index contributed by atoms with van der Waals surface area (Å²) in [5, 5.41) is 3.23. The Morgan fingerprint density at radius 1 is 1.35 bits per heavy atom. The first-order valence-corrected chi connectivity index (χ1v) is 6.32. The average Bonchev–Trinajstić information content (AvgIpc) is 2.49. The number of nitrogens with one attached hydrogen (secondary N) is 1. The number of methoxy groups -OCH3 is 1. The Kier molecular flexibility index (Phi) is 4.55. The lowest BCUT2D eigenvalue weighted by Crippen LogP contribution is -2.09. The maximum Gasteiger partial charge on any atom is 0.337 e. The predicted molar refractivity (Wildman–Crippen MR) is 78.6 cm³/mol. The smallest absolute Gasteiger partial charge is 0.337 e. The van der Waals surface area contributed by atoms with Crippen LogP contribution >= 0.6 is 0 Å². The van der Waals surface area contributed by atoms with Gasteiger partial charge in [0.2, 0.25) is 0 Å². The first kappa shape index (κ1) is 13.9. The molecule has 0 radical (unpaired) electrons. The van der Waals surface area contributed by atoms with Crippen molar-refractivity contribution in [3.05, 3.63) is 53.9 Å². The summed E-state index contributed by atoms with van der Waals surface area (Å²) in [5.74, 6) is -0.392. The Morgan fingerprint density at radius 2 is 2.20 bits per heavy atom. The minimum atomic E-state index is -0.392. The molecule has 1 heterocycles. The molecule has 0 atom stereocenters. The summed E-state index contributed by atoms with van der Waals surface area (Å²) in [6.45, 7) is 0.721. The number of carbonyl (C=O) groups excluding carboxylic acids is 1. The molecule has 1 aromatic heterocycles. The second kappa shape index (κ2) is 6.56. The molecule has 0 aliphatic rings. The Morgan fingerprint density at radius 3 is 2.85 bits per heavy atom. The van der Waals surface area contributed by atoms with Crippen LogP contribution in [0.15, 0.2) is 42.6 Å². The second-order valence-electron chi connectivity index (χ2n) is 4.29. The van der Waals surface area contributed by atoms with E-state index in [-0.39, 0.29) is 0 Å². The molecule has 0 amide bonds. The van der Waals surface area contributed by atoms with E-state index in [1.807, 2.05) is 18.2 Å². The standard InChI is InChI=1S/C15H17N3O2/c1-20-15(19)11-5-6-14(13(16)10-11)18-9-7-12-4-2-3-8-17-12/h2-6,8,10,18H,7,9,16H2,1H3. The molecule has 0 spiro atoms. The van der Waals surface area contributed by atoms with Crippen LogP contribution in [0, 0.1) is 0 Å². The maximum absolute atomic E-state index is 11.4. The van der Waals surface area contributed by atoms with Crippen molar-refractivity contribution >= 4 is 17.3 Å². The van der Waals surface area contributed by atoms with Gasteiger partial charge in [-0.05, 0) is 30.3 Å². The van der Waals surface area contributed by atoms with Crippen LogP contribution in [0.5, 0.6) is 0 Å². The van der Waals surface area contributed by atoms with E-state index in [0.717, 1.165) is 24.3 Å². The highest BCUT2D eigenvalue weighted by molar-refractivity contribution is 5.91. The number of nitrogens with zero attached hydrogens (tertiary/aromatic N) is 1. The van der Waals surface area contributed by atoms with Crippen LogP contribution in [0.1, 0.15) is 16.1 Å². The number of hydrogen-bond donors (Lipinski definition) is 2. The van der Waals surface area contributed by atoms with Gasteiger partial charge in [-0.2, -0.15) is 0 Å². The van der Waals surface area contributed by atoms with Crippen molar-refractivity contribution in [2.24, 2.45) is 0 Å². The van der Waals surface area contributed by atoms with Crippen molar-refractivity contribution in [1.29, 1.82) is 0 Å². The zero-order valence-electron chi connectivity index (χ0n) is 11.3. The third kappa shape index (κ3) is 3.47. The van der Waals surface area contributed by atoms with Gasteiger partial charge < -0.3 is 15.8 Å². The lowest BCUT2D eigenvalue weighted by atomic mass is 10.1. The van der Waals surface area contributed by atoms with Crippen molar-refractivity contribution in [1.82, 2.24) is 4.98 Å². The molecule has 0 unspecified atom stereocenters. The van der Waals surface area contributed by atoms with E-state index in [9.17, 15) is 4.79 Å². The average molecular weight is 271 g/mol. The van der Waals surface area contributed by atoms with Gasteiger partial charge in [0.15, 0.2) is 0 Å². The summed E-state index contributed by atoms with van der Waals surface area (Å²) in [5.41, 5.74) is 8.69. The minimum Gasteiger partial charge on any atom is -0.465 e. The van der Waals surface area contributed by atoms with E-state index in [0.29, 0.717) is 11.3 Å². The Labute approximate surface area is 117 Å². The SMILES string of the molecule is COC(=O)c1ccc(NCCc2ccccn2)c(N)c1. The van der Waals surface area contributed by atoms with Crippen molar-refractivity contribution in [3.8, 4) is 0 Å². The number of nitrogens with two attached hydrogens (primary N) is 1. The number of hydrogen-bond acceptors (Lipinski definition) is 5. The largest absolute Gasteiger partial charge is 0.465 e. The van der Waals surface area contributed by atoms with Crippen LogP contribution in [0.2, 0.25) is 0 Å². The fourth-order valence-electron chi connectivity index (χ4n) is 1.84. The van der Waals surface area contributed by atoms with E-state index >= 15 is 0 Å². The monoisotopic (exact) mass is 271 g/mol. The third-order valence-corrected chi connectivity index (χ3v) is 2.90. The highest BCUT2D eigenvalue weighted by Crippen LogP contribution is 2.20. The fourth-order valence-corrected chi connectivity index (χ4v) is 1.84. The Bertz CT molecular complexity index is 585. The minimum absolute atomic E-state index is 0.392. The zero-order chi connectivity index (χ0) is 14.4. The van der Waals surface area contributed by atoms with E-state index in [1.165, 1.54) is 7.11 Å². The van der Waals surface area contributed by atoms with Crippen LogP contribution < -0.4 is 11.1 Å². The predicted octanol–water partition coefficient (Wildman–Crippen LogP) is 2.10. The molecule has 0 fully saturated rings. The lowest BCUT2D eigenvalue weighted by molar-refractivity contribution is 0.0601.